The van der Waals surface area contributed by atoms with Crippen LogP contribution < -0.4 is 10.2 Å². The molecule has 1 amide bonds. The van der Waals surface area contributed by atoms with E-state index in [1.165, 1.54) is 11.8 Å². The third kappa shape index (κ3) is 5.26. The number of carbonyl (C=O) groups is 1. The Kier molecular flexibility index (Phi) is 7.34. The lowest BCUT2D eigenvalue weighted by Crippen LogP contribution is -2.46. The Morgan fingerprint density at radius 2 is 1.91 bits per heavy atom. The topological polar surface area (TPSA) is 74.5 Å². The normalized spacial score (nSPS) is 14.5. The molecule has 168 valence electrons. The van der Waals surface area contributed by atoms with Gasteiger partial charge in [-0.05, 0) is 37.2 Å². The van der Waals surface area contributed by atoms with Crippen molar-refractivity contribution in [2.75, 3.05) is 48.7 Å². The SMILES string of the molecule is CCN1CCN(c2c(Cl)cccc2NC(=O)CSc2nnc(-c3ccccc3C)o2)CC1. The first-order chi connectivity index (χ1) is 15.5. The van der Waals surface area contributed by atoms with Crippen molar-refractivity contribution < 1.29 is 9.21 Å². The van der Waals surface area contributed by atoms with Gasteiger partial charge in [0.2, 0.25) is 11.8 Å². The number of aromatic nitrogens is 2. The molecule has 1 aromatic heterocycles. The molecule has 0 bridgehead atoms. The van der Waals surface area contributed by atoms with E-state index in [1.807, 2.05) is 49.4 Å². The number of benzene rings is 2. The van der Waals surface area contributed by atoms with E-state index < -0.39 is 0 Å². The fourth-order valence-electron chi connectivity index (χ4n) is 3.73. The summed E-state index contributed by atoms with van der Waals surface area (Å²) in [4.78, 5) is 17.3. The minimum absolute atomic E-state index is 0.152. The lowest BCUT2D eigenvalue weighted by atomic mass is 10.1. The number of para-hydroxylation sites is 1. The molecule has 0 atom stereocenters. The number of thioether (sulfide) groups is 1. The molecule has 1 fully saturated rings. The van der Waals surface area contributed by atoms with Crippen LogP contribution in [-0.4, -0.2) is 59.5 Å². The van der Waals surface area contributed by atoms with E-state index >= 15 is 0 Å². The van der Waals surface area contributed by atoms with E-state index in [1.54, 1.807) is 0 Å². The van der Waals surface area contributed by atoms with Crippen LogP contribution in [-0.2, 0) is 4.79 Å². The fourth-order valence-corrected chi connectivity index (χ4v) is 4.59. The molecule has 0 radical (unpaired) electrons. The van der Waals surface area contributed by atoms with Crippen molar-refractivity contribution in [3.8, 4) is 11.5 Å². The number of halogens is 1. The van der Waals surface area contributed by atoms with E-state index in [0.717, 1.165) is 55.2 Å². The van der Waals surface area contributed by atoms with Gasteiger partial charge in [0.1, 0.15) is 0 Å². The standard InChI is InChI=1S/C23H26ClN5O2S/c1-3-28-11-13-29(14-12-28)21-18(24)9-6-10-19(21)25-20(30)15-32-23-27-26-22(31-23)17-8-5-4-7-16(17)2/h4-10H,3,11-15H2,1-2H3,(H,25,30). The number of anilines is 2. The van der Waals surface area contributed by atoms with Gasteiger partial charge in [-0.25, -0.2) is 0 Å². The molecule has 1 N–H and O–H groups in total. The van der Waals surface area contributed by atoms with Gasteiger partial charge in [0.25, 0.3) is 5.22 Å². The lowest BCUT2D eigenvalue weighted by Gasteiger charge is -2.36. The van der Waals surface area contributed by atoms with Gasteiger partial charge in [-0.15, -0.1) is 10.2 Å². The summed E-state index contributed by atoms with van der Waals surface area (Å²) in [6.45, 7) is 8.90. The summed E-state index contributed by atoms with van der Waals surface area (Å²) in [6, 6.07) is 13.4. The second kappa shape index (κ2) is 10.4. The Balaban J connectivity index is 1.39. The van der Waals surface area contributed by atoms with Crippen molar-refractivity contribution in [2.24, 2.45) is 0 Å². The molecular weight excluding hydrogens is 446 g/mol. The third-order valence-corrected chi connectivity index (χ3v) is 6.63. The zero-order valence-corrected chi connectivity index (χ0v) is 19.7. The third-order valence-electron chi connectivity index (χ3n) is 5.51. The summed E-state index contributed by atoms with van der Waals surface area (Å²) in [5.74, 6) is 0.459. The molecular formula is C23H26ClN5O2S. The molecule has 4 rings (SSSR count). The highest BCUT2D eigenvalue weighted by molar-refractivity contribution is 7.99. The van der Waals surface area contributed by atoms with Crippen LogP contribution in [0.15, 0.2) is 52.1 Å². The number of aryl methyl sites for hydroxylation is 1. The molecule has 0 unspecified atom stereocenters. The number of rotatable bonds is 7. The predicted octanol–water partition coefficient (Wildman–Crippen LogP) is 4.57. The summed E-state index contributed by atoms with van der Waals surface area (Å²) >= 11 is 7.73. The van der Waals surface area contributed by atoms with Crippen LogP contribution in [0.4, 0.5) is 11.4 Å². The van der Waals surface area contributed by atoms with Gasteiger partial charge in [-0.2, -0.15) is 0 Å². The molecule has 2 aromatic carbocycles. The van der Waals surface area contributed by atoms with Gasteiger partial charge < -0.3 is 19.5 Å². The van der Waals surface area contributed by atoms with Gasteiger partial charge in [0.15, 0.2) is 0 Å². The maximum Gasteiger partial charge on any atom is 0.277 e. The molecule has 7 nitrogen and oxygen atoms in total. The Morgan fingerprint density at radius 1 is 1.12 bits per heavy atom. The molecule has 0 aliphatic carbocycles. The number of hydrogen-bond donors (Lipinski definition) is 1. The van der Waals surface area contributed by atoms with Crippen LogP contribution in [0.2, 0.25) is 5.02 Å². The Labute approximate surface area is 197 Å². The maximum absolute atomic E-state index is 12.7. The van der Waals surface area contributed by atoms with Crippen LogP contribution in [0.25, 0.3) is 11.5 Å². The number of nitrogens with one attached hydrogen (secondary N) is 1. The highest BCUT2D eigenvalue weighted by Gasteiger charge is 2.21. The van der Waals surface area contributed by atoms with Crippen LogP contribution >= 0.6 is 23.4 Å². The molecule has 1 aliphatic rings. The van der Waals surface area contributed by atoms with E-state index in [0.29, 0.717) is 16.1 Å². The first kappa shape index (κ1) is 22.6. The second-order valence-electron chi connectivity index (χ2n) is 7.58. The Morgan fingerprint density at radius 3 is 2.66 bits per heavy atom. The van der Waals surface area contributed by atoms with Crippen molar-refractivity contribution in [3.05, 3.63) is 53.1 Å². The summed E-state index contributed by atoms with van der Waals surface area (Å²) < 4.78 is 5.74. The number of carbonyl (C=O) groups excluding carboxylic acids is 1. The van der Waals surface area contributed by atoms with Crippen molar-refractivity contribution in [2.45, 2.75) is 19.1 Å². The van der Waals surface area contributed by atoms with E-state index in [9.17, 15) is 4.79 Å². The van der Waals surface area contributed by atoms with Crippen LogP contribution in [0.3, 0.4) is 0 Å². The number of hydrogen-bond acceptors (Lipinski definition) is 7. The lowest BCUT2D eigenvalue weighted by molar-refractivity contribution is -0.113. The van der Waals surface area contributed by atoms with Crippen LogP contribution in [0, 0.1) is 6.92 Å². The smallest absolute Gasteiger partial charge is 0.277 e. The quantitative estimate of drug-likeness (QED) is 0.506. The van der Waals surface area contributed by atoms with Crippen molar-refractivity contribution in [1.82, 2.24) is 15.1 Å². The number of amides is 1. The largest absolute Gasteiger partial charge is 0.411 e. The zero-order valence-electron chi connectivity index (χ0n) is 18.2. The number of piperazine rings is 1. The monoisotopic (exact) mass is 471 g/mol. The van der Waals surface area contributed by atoms with Crippen molar-refractivity contribution in [3.63, 3.8) is 0 Å². The van der Waals surface area contributed by atoms with Gasteiger partial charge in [0.05, 0.1) is 22.2 Å². The second-order valence-corrected chi connectivity index (χ2v) is 8.92. The molecule has 3 aromatic rings. The first-order valence-electron chi connectivity index (χ1n) is 10.6. The zero-order chi connectivity index (χ0) is 22.5. The Bertz CT molecular complexity index is 1080. The highest BCUT2D eigenvalue weighted by atomic mass is 35.5. The Hall–Kier alpha value is -2.55. The van der Waals surface area contributed by atoms with E-state index in [2.05, 4.69) is 32.2 Å². The molecule has 2 heterocycles. The molecule has 32 heavy (non-hydrogen) atoms. The molecule has 0 saturated carbocycles. The van der Waals surface area contributed by atoms with Gasteiger partial charge in [0, 0.05) is 31.7 Å². The van der Waals surface area contributed by atoms with E-state index in [4.69, 9.17) is 16.0 Å². The molecule has 1 aliphatic heterocycles. The van der Waals surface area contributed by atoms with E-state index in [-0.39, 0.29) is 11.7 Å². The average molecular weight is 472 g/mol. The predicted molar refractivity (Wildman–Crippen MR) is 130 cm³/mol. The molecule has 1 saturated heterocycles. The number of nitrogens with zero attached hydrogens (tertiary/aromatic N) is 4. The summed E-state index contributed by atoms with van der Waals surface area (Å²) in [5, 5.41) is 12.2. The minimum Gasteiger partial charge on any atom is -0.411 e. The fraction of sp³-hybridized carbons (Fsp3) is 0.348. The first-order valence-corrected chi connectivity index (χ1v) is 12.0. The van der Waals surface area contributed by atoms with Crippen molar-refractivity contribution in [1.29, 1.82) is 0 Å². The van der Waals surface area contributed by atoms with Gasteiger partial charge >= 0.3 is 0 Å². The van der Waals surface area contributed by atoms with Crippen molar-refractivity contribution >= 4 is 40.6 Å². The minimum atomic E-state index is -0.152. The van der Waals surface area contributed by atoms with Crippen LogP contribution in [0.1, 0.15) is 12.5 Å². The summed E-state index contributed by atoms with van der Waals surface area (Å²) in [7, 11) is 0. The molecule has 0 spiro atoms. The summed E-state index contributed by atoms with van der Waals surface area (Å²) in [6.07, 6.45) is 0. The van der Waals surface area contributed by atoms with Crippen LogP contribution in [0.5, 0.6) is 0 Å². The maximum atomic E-state index is 12.7. The average Bonchev–Trinajstić information content (AvgIpc) is 3.27. The molecule has 9 heteroatoms. The van der Waals surface area contributed by atoms with Gasteiger partial charge in [-0.3, -0.25) is 4.79 Å². The highest BCUT2D eigenvalue weighted by Crippen LogP contribution is 2.35. The summed E-state index contributed by atoms with van der Waals surface area (Å²) in [5.41, 5.74) is 3.55. The number of likely N-dealkylation sites (N-methyl/N-ethyl adjacent to an activating group) is 1. The van der Waals surface area contributed by atoms with Gasteiger partial charge in [-0.1, -0.05) is 54.6 Å².